The molecule has 0 aliphatic heterocycles. The maximum absolute atomic E-state index is 5.94. The second-order valence-electron chi connectivity index (χ2n) is 7.54. The lowest BCUT2D eigenvalue weighted by Gasteiger charge is -2.09. The van der Waals surface area contributed by atoms with Gasteiger partial charge in [-0.25, -0.2) is 9.50 Å². The minimum absolute atomic E-state index is 0.317. The number of aromatic nitrogens is 5. The normalized spacial score (nSPS) is 13.2. The minimum atomic E-state index is 0.317. The molecule has 164 valence electrons. The van der Waals surface area contributed by atoms with E-state index in [0.717, 1.165) is 34.5 Å². The van der Waals surface area contributed by atoms with Crippen LogP contribution in [-0.4, -0.2) is 37.7 Å². The summed E-state index contributed by atoms with van der Waals surface area (Å²) in [6, 6.07) is 10.1. The molecule has 0 aliphatic rings. The highest BCUT2D eigenvalue weighted by molar-refractivity contribution is 6.09. The standard InChI is InChI=1S/C24H27N7O/c1-4-17(2)30-15-20(14-28-30)24-23-9-10-27-31(23)16-22(29-24)19(11-25)13-26-12-18-5-7-21(32-3)8-6-18/h5-11,13-17H,4,12,25H2,1-3H3. The molecule has 0 saturated heterocycles. The summed E-state index contributed by atoms with van der Waals surface area (Å²) in [6.45, 7) is 4.81. The van der Waals surface area contributed by atoms with Gasteiger partial charge >= 0.3 is 0 Å². The topological polar surface area (TPSA) is 95.6 Å². The highest BCUT2D eigenvalue weighted by atomic mass is 16.5. The van der Waals surface area contributed by atoms with Gasteiger partial charge in [0, 0.05) is 35.8 Å². The van der Waals surface area contributed by atoms with Crippen LogP contribution >= 0.6 is 0 Å². The van der Waals surface area contributed by atoms with Crippen LogP contribution in [0.4, 0.5) is 0 Å². The molecule has 3 heterocycles. The summed E-state index contributed by atoms with van der Waals surface area (Å²) in [4.78, 5) is 9.44. The molecule has 4 aromatic rings. The van der Waals surface area contributed by atoms with Crippen molar-refractivity contribution in [3.63, 3.8) is 0 Å². The Labute approximate surface area is 187 Å². The van der Waals surface area contributed by atoms with Gasteiger partial charge in [0.2, 0.25) is 0 Å². The molecule has 1 unspecified atom stereocenters. The van der Waals surface area contributed by atoms with E-state index < -0.39 is 0 Å². The fourth-order valence-corrected chi connectivity index (χ4v) is 3.34. The highest BCUT2D eigenvalue weighted by Crippen LogP contribution is 2.25. The Balaban J connectivity index is 1.63. The lowest BCUT2D eigenvalue weighted by Crippen LogP contribution is -2.03. The van der Waals surface area contributed by atoms with Crippen LogP contribution < -0.4 is 10.5 Å². The van der Waals surface area contributed by atoms with Gasteiger partial charge in [0.05, 0.1) is 49.1 Å². The van der Waals surface area contributed by atoms with Gasteiger partial charge < -0.3 is 10.5 Å². The molecule has 0 amide bonds. The molecule has 3 aromatic heterocycles. The number of hydrogen-bond acceptors (Lipinski definition) is 6. The number of benzene rings is 1. The second-order valence-corrected chi connectivity index (χ2v) is 7.54. The predicted octanol–water partition coefficient (Wildman–Crippen LogP) is 4.14. The van der Waals surface area contributed by atoms with Crippen molar-refractivity contribution in [2.24, 2.45) is 10.7 Å². The number of aliphatic imine (C=N–C) groups is 1. The molecule has 1 aromatic carbocycles. The minimum Gasteiger partial charge on any atom is -0.497 e. The van der Waals surface area contributed by atoms with Crippen molar-refractivity contribution in [2.45, 2.75) is 32.9 Å². The molecule has 0 spiro atoms. The Kier molecular flexibility index (Phi) is 6.30. The first kappa shape index (κ1) is 21.3. The van der Waals surface area contributed by atoms with Crippen LogP contribution in [0.1, 0.15) is 37.6 Å². The van der Waals surface area contributed by atoms with Crippen molar-refractivity contribution in [1.82, 2.24) is 24.4 Å². The zero-order valence-electron chi connectivity index (χ0n) is 18.5. The van der Waals surface area contributed by atoms with E-state index in [9.17, 15) is 0 Å². The van der Waals surface area contributed by atoms with Crippen molar-refractivity contribution >= 4 is 17.3 Å². The number of allylic oxidation sites excluding steroid dienone is 1. The molecule has 32 heavy (non-hydrogen) atoms. The van der Waals surface area contributed by atoms with E-state index in [1.54, 1.807) is 24.0 Å². The summed E-state index contributed by atoms with van der Waals surface area (Å²) >= 11 is 0. The Hall–Kier alpha value is -3.94. The third-order valence-electron chi connectivity index (χ3n) is 5.45. The van der Waals surface area contributed by atoms with Gasteiger partial charge in [-0.3, -0.25) is 9.67 Å². The molecule has 0 aliphatic carbocycles. The van der Waals surface area contributed by atoms with Crippen molar-refractivity contribution in [2.75, 3.05) is 7.11 Å². The smallest absolute Gasteiger partial charge is 0.118 e. The zero-order valence-corrected chi connectivity index (χ0v) is 18.5. The number of ether oxygens (including phenoxy) is 1. The maximum atomic E-state index is 5.94. The number of hydrogen-bond donors (Lipinski definition) is 1. The summed E-state index contributed by atoms with van der Waals surface area (Å²) < 4.78 is 8.97. The number of nitrogens with two attached hydrogens (primary N) is 1. The Morgan fingerprint density at radius 3 is 2.72 bits per heavy atom. The number of rotatable bonds is 8. The molecule has 0 saturated carbocycles. The summed E-state index contributed by atoms with van der Waals surface area (Å²) in [7, 11) is 1.65. The van der Waals surface area contributed by atoms with Gasteiger partial charge in [-0.05, 0) is 37.1 Å². The first-order valence-electron chi connectivity index (χ1n) is 10.6. The first-order valence-corrected chi connectivity index (χ1v) is 10.6. The van der Waals surface area contributed by atoms with E-state index in [4.69, 9.17) is 15.5 Å². The van der Waals surface area contributed by atoms with Crippen LogP contribution in [0.2, 0.25) is 0 Å². The summed E-state index contributed by atoms with van der Waals surface area (Å²) in [6.07, 6.45) is 11.7. The van der Waals surface area contributed by atoms with Crippen LogP contribution in [0.3, 0.4) is 0 Å². The number of fused-ring (bicyclic) bond motifs is 1. The third kappa shape index (κ3) is 4.39. The van der Waals surface area contributed by atoms with Crippen molar-refractivity contribution in [1.29, 1.82) is 0 Å². The molecule has 0 fully saturated rings. The van der Waals surface area contributed by atoms with Gasteiger partial charge in [0.1, 0.15) is 5.75 Å². The summed E-state index contributed by atoms with van der Waals surface area (Å²) in [5, 5.41) is 8.93. The average molecular weight is 430 g/mol. The Bertz CT molecular complexity index is 1250. The fourth-order valence-electron chi connectivity index (χ4n) is 3.34. The van der Waals surface area contributed by atoms with Gasteiger partial charge in [-0.1, -0.05) is 19.1 Å². The van der Waals surface area contributed by atoms with E-state index in [-0.39, 0.29) is 0 Å². The highest BCUT2D eigenvalue weighted by Gasteiger charge is 2.14. The largest absolute Gasteiger partial charge is 0.497 e. The van der Waals surface area contributed by atoms with E-state index in [2.05, 4.69) is 29.0 Å². The van der Waals surface area contributed by atoms with Crippen LogP contribution in [0.25, 0.3) is 22.3 Å². The summed E-state index contributed by atoms with van der Waals surface area (Å²) in [5.41, 5.74) is 11.1. The molecular weight excluding hydrogens is 402 g/mol. The first-order chi connectivity index (χ1) is 15.6. The number of nitrogens with zero attached hydrogens (tertiary/aromatic N) is 6. The van der Waals surface area contributed by atoms with E-state index in [1.807, 2.05) is 53.6 Å². The maximum Gasteiger partial charge on any atom is 0.118 e. The lowest BCUT2D eigenvalue weighted by molar-refractivity contribution is 0.414. The van der Waals surface area contributed by atoms with Gasteiger partial charge in [0.25, 0.3) is 0 Å². The monoisotopic (exact) mass is 429 g/mol. The Morgan fingerprint density at radius 2 is 2.00 bits per heavy atom. The van der Waals surface area contributed by atoms with Gasteiger partial charge in [-0.15, -0.1) is 0 Å². The molecule has 1 atom stereocenters. The molecule has 8 nitrogen and oxygen atoms in total. The quantitative estimate of drug-likeness (QED) is 0.425. The molecular formula is C24H27N7O. The van der Waals surface area contributed by atoms with Crippen molar-refractivity contribution in [3.05, 3.63) is 72.6 Å². The van der Waals surface area contributed by atoms with Gasteiger partial charge in [-0.2, -0.15) is 10.2 Å². The number of methoxy groups -OCH3 is 1. The molecule has 0 bridgehead atoms. The van der Waals surface area contributed by atoms with E-state index in [1.165, 1.54) is 6.20 Å². The predicted molar refractivity (Wildman–Crippen MR) is 127 cm³/mol. The zero-order chi connectivity index (χ0) is 22.5. The van der Waals surface area contributed by atoms with Crippen LogP contribution in [-0.2, 0) is 6.54 Å². The van der Waals surface area contributed by atoms with Crippen molar-refractivity contribution in [3.8, 4) is 17.0 Å². The van der Waals surface area contributed by atoms with E-state index in [0.29, 0.717) is 23.9 Å². The van der Waals surface area contributed by atoms with Crippen molar-refractivity contribution < 1.29 is 4.74 Å². The Morgan fingerprint density at radius 1 is 1.19 bits per heavy atom. The molecule has 0 radical (unpaired) electrons. The lowest BCUT2D eigenvalue weighted by atomic mass is 10.1. The third-order valence-corrected chi connectivity index (χ3v) is 5.45. The molecule has 4 rings (SSSR count). The van der Waals surface area contributed by atoms with E-state index >= 15 is 0 Å². The van der Waals surface area contributed by atoms with Crippen LogP contribution in [0.15, 0.2) is 66.3 Å². The second kappa shape index (κ2) is 9.47. The fraction of sp³-hybridized carbons (Fsp3) is 0.250. The molecule has 8 heteroatoms. The summed E-state index contributed by atoms with van der Waals surface area (Å²) in [5.74, 6) is 0.821. The van der Waals surface area contributed by atoms with Crippen LogP contribution in [0, 0.1) is 0 Å². The molecule has 2 N–H and O–H groups in total. The SMILES string of the molecule is CCC(C)n1cc(-c2nc(C(C=NCc3ccc(OC)cc3)=CN)cn3nccc23)cn1. The van der Waals surface area contributed by atoms with Gasteiger partial charge in [0.15, 0.2) is 0 Å². The van der Waals surface area contributed by atoms with Crippen LogP contribution in [0.5, 0.6) is 5.75 Å². The average Bonchev–Trinajstić information content (AvgIpc) is 3.51.